The monoisotopic (exact) mass is 158 g/mol. The van der Waals surface area contributed by atoms with Gasteiger partial charge in [-0.25, -0.2) is 0 Å². The van der Waals surface area contributed by atoms with Gasteiger partial charge < -0.3 is 10.4 Å². The third-order valence-corrected chi connectivity index (χ3v) is 2.11. The van der Waals surface area contributed by atoms with Gasteiger partial charge in [0, 0.05) is 32.1 Å². The van der Waals surface area contributed by atoms with Crippen LogP contribution in [0.3, 0.4) is 0 Å². The summed E-state index contributed by atoms with van der Waals surface area (Å²) in [6, 6.07) is 1.81. The highest BCUT2D eigenvalue weighted by atomic mass is 16.4. The SMILES string of the molecule is CC(=O)O.CN1C2CNCC21. The van der Waals surface area contributed by atoms with Crippen LogP contribution >= 0.6 is 0 Å². The summed E-state index contributed by atoms with van der Waals surface area (Å²) >= 11 is 0. The Labute approximate surface area is 66.2 Å². The molecule has 0 radical (unpaired) electrons. The lowest BCUT2D eigenvalue weighted by molar-refractivity contribution is -0.134. The quantitative estimate of drug-likeness (QED) is 0.461. The van der Waals surface area contributed by atoms with E-state index in [0.717, 1.165) is 19.0 Å². The summed E-state index contributed by atoms with van der Waals surface area (Å²) in [6.45, 7) is 3.53. The van der Waals surface area contributed by atoms with Crippen molar-refractivity contribution in [2.24, 2.45) is 0 Å². The van der Waals surface area contributed by atoms with Crippen molar-refractivity contribution in [2.45, 2.75) is 19.0 Å². The summed E-state index contributed by atoms with van der Waals surface area (Å²) in [5.41, 5.74) is 0. The van der Waals surface area contributed by atoms with Crippen molar-refractivity contribution in [3.63, 3.8) is 0 Å². The van der Waals surface area contributed by atoms with Crippen LogP contribution in [0.2, 0.25) is 0 Å². The lowest BCUT2D eigenvalue weighted by atomic mass is 10.4. The van der Waals surface area contributed by atoms with E-state index in [1.807, 2.05) is 0 Å². The van der Waals surface area contributed by atoms with Gasteiger partial charge in [0.25, 0.3) is 5.97 Å². The van der Waals surface area contributed by atoms with Gasteiger partial charge in [0.15, 0.2) is 0 Å². The van der Waals surface area contributed by atoms with E-state index >= 15 is 0 Å². The predicted molar refractivity (Wildman–Crippen MR) is 41.5 cm³/mol. The molecule has 11 heavy (non-hydrogen) atoms. The summed E-state index contributed by atoms with van der Waals surface area (Å²) in [7, 11) is 2.19. The molecular weight excluding hydrogens is 144 g/mol. The van der Waals surface area contributed by atoms with Gasteiger partial charge >= 0.3 is 0 Å². The topological polar surface area (TPSA) is 52.3 Å². The molecule has 0 aliphatic carbocycles. The molecule has 2 rings (SSSR count). The molecule has 0 aromatic heterocycles. The van der Waals surface area contributed by atoms with Gasteiger partial charge in [0.1, 0.15) is 0 Å². The van der Waals surface area contributed by atoms with E-state index in [1.54, 1.807) is 0 Å². The molecule has 0 bridgehead atoms. The van der Waals surface area contributed by atoms with Gasteiger partial charge in [-0.2, -0.15) is 0 Å². The second-order valence-corrected chi connectivity index (χ2v) is 2.98. The van der Waals surface area contributed by atoms with E-state index in [0.29, 0.717) is 0 Å². The average Bonchev–Trinajstić information content (AvgIpc) is 2.41. The zero-order valence-corrected chi connectivity index (χ0v) is 6.87. The Morgan fingerprint density at radius 3 is 2.09 bits per heavy atom. The van der Waals surface area contributed by atoms with Crippen molar-refractivity contribution >= 4 is 5.97 Å². The fourth-order valence-electron chi connectivity index (χ4n) is 1.41. The lowest BCUT2D eigenvalue weighted by Crippen LogP contribution is -2.20. The first-order valence-corrected chi connectivity index (χ1v) is 3.75. The second-order valence-electron chi connectivity index (χ2n) is 2.98. The van der Waals surface area contributed by atoms with Crippen LogP contribution < -0.4 is 5.32 Å². The van der Waals surface area contributed by atoms with Crippen molar-refractivity contribution < 1.29 is 9.90 Å². The highest BCUT2D eigenvalue weighted by Crippen LogP contribution is 2.27. The normalized spacial score (nSPS) is 38.5. The van der Waals surface area contributed by atoms with Crippen LogP contribution in [0.25, 0.3) is 0 Å². The van der Waals surface area contributed by atoms with E-state index in [2.05, 4.69) is 17.3 Å². The lowest BCUT2D eigenvalue weighted by Gasteiger charge is -1.97. The molecule has 2 aliphatic heterocycles. The average molecular weight is 158 g/mol. The molecule has 0 amide bonds. The van der Waals surface area contributed by atoms with Crippen LogP contribution in [0, 0.1) is 0 Å². The first-order valence-electron chi connectivity index (χ1n) is 3.75. The van der Waals surface area contributed by atoms with Crippen molar-refractivity contribution in [3.05, 3.63) is 0 Å². The van der Waals surface area contributed by atoms with Crippen LogP contribution in [0.1, 0.15) is 6.92 Å². The molecule has 0 aromatic carbocycles. The Bertz CT molecular complexity index is 147. The number of hydrogen-bond donors (Lipinski definition) is 2. The van der Waals surface area contributed by atoms with E-state index in [-0.39, 0.29) is 0 Å². The molecule has 2 heterocycles. The molecule has 0 saturated carbocycles. The zero-order chi connectivity index (χ0) is 8.43. The summed E-state index contributed by atoms with van der Waals surface area (Å²) in [5, 5.41) is 10.7. The maximum absolute atomic E-state index is 9.00. The van der Waals surface area contributed by atoms with Crippen LogP contribution in [-0.2, 0) is 4.79 Å². The number of likely N-dealkylation sites (N-methyl/N-ethyl adjacent to an activating group) is 1. The minimum absolute atomic E-state index is 0.833. The molecule has 2 N–H and O–H groups in total. The van der Waals surface area contributed by atoms with E-state index in [1.165, 1.54) is 13.1 Å². The molecule has 0 aromatic rings. The number of carboxylic acid groups (broad SMARTS) is 1. The first kappa shape index (κ1) is 8.49. The van der Waals surface area contributed by atoms with E-state index < -0.39 is 5.97 Å². The Morgan fingerprint density at radius 2 is 1.91 bits per heavy atom. The number of carboxylic acids is 1. The number of nitrogens with zero attached hydrogens (tertiary/aromatic N) is 1. The molecule has 64 valence electrons. The Kier molecular flexibility index (Phi) is 2.46. The Morgan fingerprint density at radius 1 is 1.55 bits per heavy atom. The Hall–Kier alpha value is -0.610. The minimum atomic E-state index is -0.833. The largest absolute Gasteiger partial charge is 0.481 e. The summed E-state index contributed by atoms with van der Waals surface area (Å²) in [4.78, 5) is 11.4. The zero-order valence-electron chi connectivity index (χ0n) is 6.87. The van der Waals surface area contributed by atoms with Crippen molar-refractivity contribution in [3.8, 4) is 0 Å². The molecule has 0 spiro atoms. The standard InChI is InChI=1S/C5H10N2.C2H4O2/c1-7-4-2-6-3-5(4)7;1-2(3)4/h4-6H,2-3H2,1H3;1H3,(H,3,4). The number of piperazine rings is 1. The number of carbonyl (C=O) groups is 1. The van der Waals surface area contributed by atoms with Gasteiger partial charge in [-0.1, -0.05) is 0 Å². The van der Waals surface area contributed by atoms with Crippen LogP contribution in [0.5, 0.6) is 0 Å². The fourth-order valence-corrected chi connectivity index (χ4v) is 1.41. The molecule has 4 heteroatoms. The molecule has 4 nitrogen and oxygen atoms in total. The molecule has 2 atom stereocenters. The maximum Gasteiger partial charge on any atom is 0.300 e. The summed E-state index contributed by atoms with van der Waals surface area (Å²) in [5.74, 6) is -0.833. The number of rotatable bonds is 0. The van der Waals surface area contributed by atoms with E-state index in [9.17, 15) is 0 Å². The number of hydrogen-bond acceptors (Lipinski definition) is 3. The fraction of sp³-hybridized carbons (Fsp3) is 0.857. The maximum atomic E-state index is 9.00. The number of fused-ring (bicyclic) bond motifs is 1. The second kappa shape index (κ2) is 3.19. The molecule has 2 fully saturated rings. The molecular formula is C7H14N2O2. The van der Waals surface area contributed by atoms with Gasteiger partial charge in [0.05, 0.1) is 0 Å². The predicted octanol–water partition coefficient (Wildman–Crippen LogP) is -0.637. The Balaban J connectivity index is 0.000000134. The van der Waals surface area contributed by atoms with Crippen molar-refractivity contribution in [2.75, 3.05) is 20.1 Å². The third-order valence-electron chi connectivity index (χ3n) is 2.11. The van der Waals surface area contributed by atoms with Gasteiger partial charge in [-0.15, -0.1) is 0 Å². The van der Waals surface area contributed by atoms with Crippen LogP contribution in [-0.4, -0.2) is 48.2 Å². The number of aliphatic carboxylic acids is 1. The minimum Gasteiger partial charge on any atom is -0.481 e. The van der Waals surface area contributed by atoms with Gasteiger partial charge in [-0.05, 0) is 7.05 Å². The highest BCUT2D eigenvalue weighted by molar-refractivity contribution is 5.62. The summed E-state index contributed by atoms with van der Waals surface area (Å²) < 4.78 is 0. The van der Waals surface area contributed by atoms with Crippen molar-refractivity contribution in [1.82, 2.24) is 10.2 Å². The van der Waals surface area contributed by atoms with Gasteiger partial charge in [0.2, 0.25) is 0 Å². The van der Waals surface area contributed by atoms with Crippen LogP contribution in [0.15, 0.2) is 0 Å². The molecule has 2 saturated heterocycles. The number of nitrogens with one attached hydrogen (secondary N) is 1. The van der Waals surface area contributed by atoms with E-state index in [4.69, 9.17) is 9.90 Å². The third kappa shape index (κ3) is 2.17. The highest BCUT2D eigenvalue weighted by Gasteiger charge is 2.47. The molecule has 2 aliphatic rings. The van der Waals surface area contributed by atoms with Crippen LogP contribution in [0.4, 0.5) is 0 Å². The van der Waals surface area contributed by atoms with Crippen molar-refractivity contribution in [1.29, 1.82) is 0 Å². The first-order chi connectivity index (χ1) is 5.13. The van der Waals surface area contributed by atoms with Gasteiger partial charge in [-0.3, -0.25) is 9.69 Å². The summed E-state index contributed by atoms with van der Waals surface area (Å²) in [6.07, 6.45) is 0. The molecule has 2 unspecified atom stereocenters. The smallest absolute Gasteiger partial charge is 0.300 e.